The number of anilines is 2. The first-order valence-corrected chi connectivity index (χ1v) is 7.72. The highest BCUT2D eigenvalue weighted by atomic mass is 79.9. The lowest BCUT2D eigenvalue weighted by atomic mass is 9.96. The molecule has 0 saturated carbocycles. The molecule has 0 atom stereocenters. The van der Waals surface area contributed by atoms with Crippen LogP contribution in [-0.2, 0) is 5.41 Å². The van der Waals surface area contributed by atoms with E-state index in [4.69, 9.17) is 0 Å². The molecule has 112 valence electrons. The predicted octanol–water partition coefficient (Wildman–Crippen LogP) is 5.32. The van der Waals surface area contributed by atoms with Crippen molar-refractivity contribution in [2.24, 2.45) is 0 Å². The van der Waals surface area contributed by atoms with Gasteiger partial charge in [-0.3, -0.25) is 0 Å². The summed E-state index contributed by atoms with van der Waals surface area (Å²) in [7, 11) is 0. The number of aromatic nitrogens is 2. The molecule has 0 fully saturated rings. The molecule has 21 heavy (non-hydrogen) atoms. The molecule has 1 N–H and O–H groups in total. The van der Waals surface area contributed by atoms with Crippen molar-refractivity contribution in [2.45, 2.75) is 26.2 Å². The highest BCUT2D eigenvalue weighted by Gasteiger charge is 2.19. The zero-order chi connectivity index (χ0) is 15.8. The van der Waals surface area contributed by atoms with E-state index < -0.39 is 11.6 Å². The number of halogens is 4. The van der Waals surface area contributed by atoms with E-state index in [9.17, 15) is 8.78 Å². The third-order valence-electron chi connectivity index (χ3n) is 2.63. The lowest BCUT2D eigenvalue weighted by Gasteiger charge is -2.18. The predicted molar refractivity (Wildman–Crippen MR) is 85.8 cm³/mol. The van der Waals surface area contributed by atoms with Crippen LogP contribution in [0.25, 0.3) is 0 Å². The molecule has 0 saturated heterocycles. The minimum Gasteiger partial charge on any atom is -0.335 e. The van der Waals surface area contributed by atoms with E-state index in [1.807, 2.05) is 20.8 Å². The van der Waals surface area contributed by atoms with Gasteiger partial charge in [-0.2, -0.15) is 0 Å². The molecule has 0 aliphatic heterocycles. The molecule has 2 rings (SSSR count). The van der Waals surface area contributed by atoms with Crippen molar-refractivity contribution in [1.82, 2.24) is 9.97 Å². The van der Waals surface area contributed by atoms with Gasteiger partial charge in [-0.25, -0.2) is 18.7 Å². The number of hydrogen-bond acceptors (Lipinski definition) is 3. The van der Waals surface area contributed by atoms with Crippen molar-refractivity contribution in [3.05, 3.63) is 44.7 Å². The minimum absolute atomic E-state index is 0.247. The van der Waals surface area contributed by atoms with Crippen LogP contribution in [0, 0.1) is 11.6 Å². The molecule has 0 amide bonds. The quantitative estimate of drug-likeness (QED) is 0.668. The zero-order valence-corrected chi connectivity index (χ0v) is 14.8. The normalized spacial score (nSPS) is 11.6. The molecule has 2 aromatic rings. The number of nitrogens with one attached hydrogen (secondary N) is 1. The van der Waals surface area contributed by atoms with E-state index in [1.165, 1.54) is 12.1 Å². The monoisotopic (exact) mass is 419 g/mol. The average Bonchev–Trinajstić information content (AvgIpc) is 2.32. The third kappa shape index (κ3) is 3.97. The number of nitrogens with zero attached hydrogens (tertiary/aromatic N) is 2. The Morgan fingerprint density at radius 3 is 2.10 bits per heavy atom. The molecule has 0 aliphatic rings. The molecule has 0 spiro atoms. The van der Waals surface area contributed by atoms with Crippen LogP contribution in [0.1, 0.15) is 26.6 Å². The largest absolute Gasteiger partial charge is 0.335 e. The van der Waals surface area contributed by atoms with Crippen LogP contribution in [0.15, 0.2) is 27.3 Å². The van der Waals surface area contributed by atoms with Gasteiger partial charge in [0.2, 0.25) is 0 Å². The Balaban J connectivity index is 2.43. The van der Waals surface area contributed by atoms with Gasteiger partial charge < -0.3 is 5.32 Å². The van der Waals surface area contributed by atoms with Gasteiger partial charge in [0.25, 0.3) is 0 Å². The zero-order valence-electron chi connectivity index (χ0n) is 11.6. The van der Waals surface area contributed by atoms with Gasteiger partial charge in [-0.15, -0.1) is 0 Å². The fourth-order valence-corrected chi connectivity index (χ4v) is 2.39. The Morgan fingerprint density at radius 2 is 1.57 bits per heavy atom. The molecule has 1 heterocycles. The molecule has 0 radical (unpaired) electrons. The Bertz CT molecular complexity index is 661. The Labute approximate surface area is 138 Å². The lowest BCUT2D eigenvalue weighted by Crippen LogP contribution is -2.17. The van der Waals surface area contributed by atoms with Gasteiger partial charge in [-0.1, -0.05) is 36.7 Å². The molecule has 3 nitrogen and oxygen atoms in total. The maximum atomic E-state index is 13.8. The second-order valence-corrected chi connectivity index (χ2v) is 7.25. The van der Waals surface area contributed by atoms with Crippen molar-refractivity contribution in [3.63, 3.8) is 0 Å². The van der Waals surface area contributed by atoms with Gasteiger partial charge in [0.15, 0.2) is 11.6 Å². The first-order chi connectivity index (χ1) is 9.66. The summed E-state index contributed by atoms with van der Waals surface area (Å²) < 4.78 is 28.6. The maximum absolute atomic E-state index is 13.8. The van der Waals surface area contributed by atoms with Crippen LogP contribution in [0.5, 0.6) is 0 Å². The fraction of sp³-hybridized carbons (Fsp3) is 0.286. The first-order valence-electron chi connectivity index (χ1n) is 6.13. The standard InChI is InChI=1S/C14H13Br2F2N3/c1-14(2,3)13-19-10(16)6-11(21-13)20-12-8(17)4-7(15)5-9(12)18/h4-6H,1-3H3,(H,19,20,21). The summed E-state index contributed by atoms with van der Waals surface area (Å²) in [4.78, 5) is 8.58. The second kappa shape index (κ2) is 5.96. The molecular formula is C14H13Br2F2N3. The summed E-state index contributed by atoms with van der Waals surface area (Å²) in [5.41, 5.74) is -0.527. The van der Waals surface area contributed by atoms with Crippen LogP contribution < -0.4 is 5.32 Å². The summed E-state index contributed by atoms with van der Waals surface area (Å²) in [6, 6.07) is 3.94. The smallest absolute Gasteiger partial charge is 0.150 e. The third-order valence-corrected chi connectivity index (χ3v) is 3.49. The average molecular weight is 421 g/mol. The molecule has 0 bridgehead atoms. The van der Waals surface area contributed by atoms with Gasteiger partial charge in [-0.05, 0) is 28.1 Å². The van der Waals surface area contributed by atoms with E-state index in [-0.39, 0.29) is 11.1 Å². The van der Waals surface area contributed by atoms with Crippen LogP contribution in [0.4, 0.5) is 20.3 Å². The SMILES string of the molecule is CC(C)(C)c1nc(Br)cc(Nc2c(F)cc(Br)cc2F)n1. The van der Waals surface area contributed by atoms with Gasteiger partial charge in [0.05, 0.1) is 0 Å². The second-order valence-electron chi connectivity index (χ2n) is 5.52. The van der Waals surface area contributed by atoms with Crippen molar-refractivity contribution in [2.75, 3.05) is 5.32 Å². The highest BCUT2D eigenvalue weighted by Crippen LogP contribution is 2.28. The highest BCUT2D eigenvalue weighted by molar-refractivity contribution is 9.10. The number of hydrogen-bond donors (Lipinski definition) is 1. The molecule has 1 aromatic heterocycles. The van der Waals surface area contributed by atoms with Crippen molar-refractivity contribution >= 4 is 43.4 Å². The van der Waals surface area contributed by atoms with Crippen LogP contribution in [0.3, 0.4) is 0 Å². The van der Waals surface area contributed by atoms with Gasteiger partial charge in [0.1, 0.15) is 21.9 Å². The Morgan fingerprint density at radius 1 is 1.00 bits per heavy atom. The summed E-state index contributed by atoms with van der Waals surface area (Å²) in [5.74, 6) is -0.512. The first kappa shape index (κ1) is 16.3. The number of rotatable bonds is 2. The van der Waals surface area contributed by atoms with Crippen LogP contribution in [0.2, 0.25) is 0 Å². The van der Waals surface area contributed by atoms with Gasteiger partial charge >= 0.3 is 0 Å². The minimum atomic E-state index is -0.700. The summed E-state index contributed by atoms with van der Waals surface area (Å²) >= 11 is 6.32. The molecule has 0 aliphatic carbocycles. The molecule has 7 heteroatoms. The number of benzene rings is 1. The molecular weight excluding hydrogens is 408 g/mol. The van der Waals surface area contributed by atoms with E-state index in [1.54, 1.807) is 6.07 Å². The van der Waals surface area contributed by atoms with Crippen molar-refractivity contribution < 1.29 is 8.78 Å². The Kier molecular flexibility index (Phi) is 4.63. The van der Waals surface area contributed by atoms with E-state index in [0.717, 1.165) is 0 Å². The van der Waals surface area contributed by atoms with E-state index >= 15 is 0 Å². The molecule has 1 aromatic carbocycles. The fourth-order valence-electron chi connectivity index (χ4n) is 1.61. The van der Waals surface area contributed by atoms with Gasteiger partial charge in [0, 0.05) is 16.0 Å². The van der Waals surface area contributed by atoms with Crippen LogP contribution >= 0.6 is 31.9 Å². The van der Waals surface area contributed by atoms with Crippen molar-refractivity contribution in [1.29, 1.82) is 0 Å². The topological polar surface area (TPSA) is 37.8 Å². The Hall–Kier alpha value is -1.08. The van der Waals surface area contributed by atoms with E-state index in [2.05, 4.69) is 47.1 Å². The lowest BCUT2D eigenvalue weighted by molar-refractivity contribution is 0.544. The summed E-state index contributed by atoms with van der Waals surface area (Å²) in [6.45, 7) is 5.87. The van der Waals surface area contributed by atoms with E-state index in [0.29, 0.717) is 20.7 Å². The maximum Gasteiger partial charge on any atom is 0.150 e. The van der Waals surface area contributed by atoms with Crippen LogP contribution in [-0.4, -0.2) is 9.97 Å². The molecule has 0 unspecified atom stereocenters. The van der Waals surface area contributed by atoms with Crippen molar-refractivity contribution in [3.8, 4) is 0 Å². The summed E-state index contributed by atoms with van der Waals surface area (Å²) in [6.07, 6.45) is 0. The summed E-state index contributed by atoms with van der Waals surface area (Å²) in [5, 5.41) is 2.67.